The number of nitrogens with zero attached hydrogens (tertiary/aromatic N) is 3. The maximum absolute atomic E-state index is 13.0. The van der Waals surface area contributed by atoms with E-state index in [2.05, 4.69) is 39.1 Å². The van der Waals surface area contributed by atoms with Crippen molar-refractivity contribution in [2.45, 2.75) is 76.0 Å². The summed E-state index contributed by atoms with van der Waals surface area (Å²) in [6, 6.07) is -1.79. The fraction of sp³-hybridized carbons (Fsp3) is 0.667. The molecule has 3 heterocycles. The van der Waals surface area contributed by atoms with E-state index in [4.69, 9.17) is 21.9 Å². The van der Waals surface area contributed by atoms with Crippen LogP contribution in [0.4, 0.5) is 5.82 Å². The van der Waals surface area contributed by atoms with Crippen LogP contribution in [0.1, 0.15) is 51.1 Å². The molecular weight excluding hydrogens is 480 g/mol. The summed E-state index contributed by atoms with van der Waals surface area (Å²) >= 11 is 0. The summed E-state index contributed by atoms with van der Waals surface area (Å²) < 4.78 is 5.53. The minimum Gasteiger partial charge on any atom is -0.464 e. The molecule has 0 radical (unpaired) electrons. The van der Waals surface area contributed by atoms with Gasteiger partial charge in [-0.3, -0.25) is 10.1 Å². The molecule has 13 heteroatoms. The van der Waals surface area contributed by atoms with Crippen molar-refractivity contribution < 1.29 is 24.9 Å². The van der Waals surface area contributed by atoms with E-state index in [1.165, 1.54) is 6.33 Å². The van der Waals surface area contributed by atoms with Gasteiger partial charge >= 0.3 is 5.97 Å². The van der Waals surface area contributed by atoms with E-state index in [0.29, 0.717) is 28.9 Å². The van der Waals surface area contributed by atoms with Crippen molar-refractivity contribution in [2.75, 3.05) is 12.3 Å². The molecule has 204 valence electrons. The fourth-order valence-electron chi connectivity index (χ4n) is 5.76. The number of nitrogens with two attached hydrogens (primary N) is 3. The molecule has 11 N–H and O–H groups in total. The number of guanidine groups is 1. The minimum atomic E-state index is -1.20. The number of aromatic nitrogens is 3. The number of hydrogen-bond acceptors (Lipinski definition) is 10. The first-order chi connectivity index (χ1) is 17.7. The summed E-state index contributed by atoms with van der Waals surface area (Å²) in [6.07, 6.45) is 2.53. The van der Waals surface area contributed by atoms with E-state index < -0.39 is 42.3 Å². The van der Waals surface area contributed by atoms with E-state index in [9.17, 15) is 20.1 Å². The highest BCUT2D eigenvalue weighted by atomic mass is 16.5. The van der Waals surface area contributed by atoms with Gasteiger partial charge in [-0.2, -0.15) is 0 Å². The third-order valence-electron chi connectivity index (χ3n) is 7.98. The molecule has 2 aliphatic rings. The van der Waals surface area contributed by atoms with Crippen LogP contribution in [0.2, 0.25) is 0 Å². The zero-order valence-electron chi connectivity index (χ0n) is 21.1. The molecule has 0 aromatic carbocycles. The number of carbonyl (C=O) groups excluding carboxylic acids is 1. The Hall–Kier alpha value is -3.00. The predicted octanol–water partition coefficient (Wildman–Crippen LogP) is -0.717. The van der Waals surface area contributed by atoms with E-state index >= 15 is 0 Å². The van der Waals surface area contributed by atoms with E-state index in [1.807, 2.05) is 0 Å². The van der Waals surface area contributed by atoms with Crippen LogP contribution in [0.3, 0.4) is 0 Å². The lowest BCUT2D eigenvalue weighted by atomic mass is 9.86. The number of ether oxygens (including phenoxy) is 1. The Labute approximate surface area is 214 Å². The highest BCUT2D eigenvalue weighted by Crippen LogP contribution is 2.40. The number of aromatic amines is 1. The molecule has 2 unspecified atom stereocenters. The van der Waals surface area contributed by atoms with Gasteiger partial charge < -0.3 is 42.2 Å². The molecule has 8 atom stereocenters. The number of aliphatic imine (C=N–C) groups is 1. The lowest BCUT2D eigenvalue weighted by molar-refractivity contribution is -0.153. The van der Waals surface area contributed by atoms with E-state index in [1.54, 1.807) is 6.20 Å². The van der Waals surface area contributed by atoms with Crippen LogP contribution < -0.4 is 22.5 Å². The lowest BCUT2D eigenvalue weighted by Crippen LogP contribution is -2.39. The predicted molar refractivity (Wildman–Crippen MR) is 137 cm³/mol. The highest BCUT2D eigenvalue weighted by molar-refractivity contribution is 5.87. The van der Waals surface area contributed by atoms with Crippen molar-refractivity contribution >= 4 is 28.8 Å². The van der Waals surface area contributed by atoms with Crippen LogP contribution in [0, 0.1) is 17.8 Å². The maximum Gasteiger partial charge on any atom is 0.311 e. The summed E-state index contributed by atoms with van der Waals surface area (Å²) in [7, 11) is 0. The first kappa shape index (κ1) is 27.0. The van der Waals surface area contributed by atoms with Crippen molar-refractivity contribution in [3.05, 3.63) is 18.1 Å². The van der Waals surface area contributed by atoms with Crippen LogP contribution >= 0.6 is 0 Å². The molecule has 0 spiro atoms. The average molecular weight is 519 g/mol. The van der Waals surface area contributed by atoms with Crippen LogP contribution in [-0.4, -0.2) is 79.2 Å². The molecule has 2 aromatic rings. The number of aliphatic hydroxyl groups excluding tert-OH is 3. The molecule has 0 bridgehead atoms. The van der Waals surface area contributed by atoms with Crippen molar-refractivity contribution in [1.29, 1.82) is 0 Å². The molecule has 1 aliphatic carbocycles. The first-order valence-electron chi connectivity index (χ1n) is 12.8. The molecule has 13 nitrogen and oxygen atoms in total. The minimum absolute atomic E-state index is 0.0802. The van der Waals surface area contributed by atoms with Crippen molar-refractivity contribution in [3.8, 4) is 0 Å². The third kappa shape index (κ3) is 5.35. The van der Waals surface area contributed by atoms with Gasteiger partial charge in [0.25, 0.3) is 0 Å². The van der Waals surface area contributed by atoms with E-state index in [-0.39, 0.29) is 36.8 Å². The fourth-order valence-corrected chi connectivity index (χ4v) is 5.76. The van der Waals surface area contributed by atoms with Crippen molar-refractivity contribution in [3.63, 3.8) is 0 Å². The average Bonchev–Trinajstić information content (AvgIpc) is 3.51. The van der Waals surface area contributed by atoms with Gasteiger partial charge in [0, 0.05) is 17.7 Å². The van der Waals surface area contributed by atoms with Crippen molar-refractivity contribution in [1.82, 2.24) is 20.3 Å². The standard InChI is InChI=1S/C24H38N8O5/c1-3-10(4-2)5-11-14(32-24(26)27)6-12(19(11)33)23(36)37-8-15-20(34)21(35)17(31-15)13-7-28-18-16(13)29-9-30-22(18)25/h7,9-12,14-15,17,19-21,28,31,33-35H,3-6,8H2,1-2H3,(H2,25,29,30)(H4,26,27,32)/t11-,12-,14?,15+,17-,19?,20+,21-/m0/s1. The Bertz CT molecular complexity index is 1120. The number of rotatable bonds is 9. The molecule has 1 saturated carbocycles. The van der Waals surface area contributed by atoms with E-state index in [0.717, 1.165) is 12.8 Å². The smallest absolute Gasteiger partial charge is 0.311 e. The van der Waals surface area contributed by atoms with Gasteiger partial charge in [-0.25, -0.2) is 15.0 Å². The lowest BCUT2D eigenvalue weighted by Gasteiger charge is -2.25. The second-order valence-corrected chi connectivity index (χ2v) is 10.1. The van der Waals surface area contributed by atoms with Gasteiger partial charge in [0.05, 0.1) is 35.7 Å². The molecule has 0 amide bonds. The monoisotopic (exact) mass is 518 g/mol. The Morgan fingerprint density at radius 2 is 1.92 bits per heavy atom. The molecule has 1 saturated heterocycles. The molecule has 37 heavy (non-hydrogen) atoms. The number of H-pyrrole nitrogens is 1. The second kappa shape index (κ2) is 11.2. The number of esters is 1. The molecule has 4 rings (SSSR count). The molecule has 2 aromatic heterocycles. The SMILES string of the molecule is CCC(CC)C[C@H]1C(N=C(N)N)C[C@H](C(=O)OC[C@H]2N[C@@H](c3c[nH]c4c(N)ncnc34)[C@H](O)[C@@H]2O)C1O. The maximum atomic E-state index is 13.0. The van der Waals surface area contributed by atoms with Crippen molar-refractivity contribution in [2.24, 2.45) is 34.2 Å². The zero-order valence-corrected chi connectivity index (χ0v) is 21.1. The molecule has 1 aliphatic heterocycles. The number of carbonyl (C=O) groups is 1. The van der Waals surface area contributed by atoms with Crippen LogP contribution in [0.5, 0.6) is 0 Å². The van der Waals surface area contributed by atoms with Gasteiger partial charge in [0.15, 0.2) is 11.8 Å². The van der Waals surface area contributed by atoms with Gasteiger partial charge in [0.1, 0.15) is 30.7 Å². The summed E-state index contributed by atoms with van der Waals surface area (Å²) in [4.78, 5) is 28.5. The number of anilines is 1. The van der Waals surface area contributed by atoms with Gasteiger partial charge in [-0.1, -0.05) is 26.7 Å². The Morgan fingerprint density at radius 3 is 2.59 bits per heavy atom. The van der Waals surface area contributed by atoms with Crippen LogP contribution in [0.25, 0.3) is 11.0 Å². The number of nitrogens with one attached hydrogen (secondary N) is 2. The van der Waals surface area contributed by atoms with Crippen LogP contribution in [-0.2, 0) is 9.53 Å². The second-order valence-electron chi connectivity index (χ2n) is 10.1. The summed E-state index contributed by atoms with van der Waals surface area (Å²) in [5.74, 6) is -1.07. The van der Waals surface area contributed by atoms with Gasteiger partial charge in [0.2, 0.25) is 0 Å². The summed E-state index contributed by atoms with van der Waals surface area (Å²) in [5.41, 5.74) is 18.8. The summed E-state index contributed by atoms with van der Waals surface area (Å²) in [6.45, 7) is 3.99. The first-order valence-corrected chi connectivity index (χ1v) is 12.8. The Kier molecular flexibility index (Phi) is 8.17. The number of fused-ring (bicyclic) bond motifs is 1. The number of hydrogen-bond donors (Lipinski definition) is 8. The Balaban J connectivity index is 1.42. The van der Waals surface area contributed by atoms with Gasteiger partial charge in [-0.05, 0) is 18.8 Å². The summed E-state index contributed by atoms with van der Waals surface area (Å²) in [5, 5.41) is 35.5. The normalized spacial score (nSPS) is 31.7. The highest BCUT2D eigenvalue weighted by Gasteiger charge is 2.48. The topological polar surface area (TPSA) is 231 Å². The third-order valence-corrected chi connectivity index (χ3v) is 7.98. The largest absolute Gasteiger partial charge is 0.464 e. The number of aliphatic hydroxyl groups is 3. The number of nitrogen functional groups attached to an aromatic ring is 1. The quantitative estimate of drug-likeness (QED) is 0.117. The molecular formula is C24H38N8O5. The Morgan fingerprint density at radius 1 is 1.19 bits per heavy atom. The van der Waals surface area contributed by atoms with Gasteiger partial charge in [-0.15, -0.1) is 0 Å². The van der Waals surface area contributed by atoms with Crippen LogP contribution in [0.15, 0.2) is 17.5 Å². The molecule has 2 fully saturated rings. The zero-order chi connectivity index (χ0) is 26.9.